The van der Waals surface area contributed by atoms with Gasteiger partial charge in [-0.15, -0.1) is 0 Å². The van der Waals surface area contributed by atoms with Crippen LogP contribution in [0, 0.1) is 11.8 Å². The molecule has 2 amide bonds. The molecule has 0 aliphatic heterocycles. The number of benzene rings is 1. The van der Waals surface area contributed by atoms with Crippen LogP contribution in [0.3, 0.4) is 0 Å². The predicted octanol–water partition coefficient (Wildman–Crippen LogP) is 3.98. The van der Waals surface area contributed by atoms with Crippen molar-refractivity contribution in [3.63, 3.8) is 0 Å². The third-order valence-corrected chi connectivity index (χ3v) is 4.52. The minimum absolute atomic E-state index is 0.00390. The molecule has 1 aliphatic rings. The fourth-order valence-electron chi connectivity index (χ4n) is 3.02. The average molecular weight is 342 g/mol. The summed E-state index contributed by atoms with van der Waals surface area (Å²) in [6.45, 7) is 1.43. The Kier molecular flexibility index (Phi) is 5.51. The molecule has 0 saturated heterocycles. The number of nitrogens with zero attached hydrogens (tertiary/aromatic N) is 1. The fraction of sp³-hybridized carbons (Fsp3) is 0.529. The standard InChI is InChI=1S/C17H21F3N2O2/c1-11(23)22(2)13-9-7-12(8-10-13)21-16(24)14-5-3-4-6-15(14)17(18,19)20/h7-10,14-15H,3-6H2,1-2H3,(H,21,24). The first kappa shape index (κ1) is 18.3. The number of anilines is 2. The average Bonchev–Trinajstić information content (AvgIpc) is 2.54. The minimum Gasteiger partial charge on any atom is -0.326 e. The molecule has 1 aliphatic carbocycles. The van der Waals surface area contributed by atoms with Gasteiger partial charge < -0.3 is 10.2 Å². The largest absolute Gasteiger partial charge is 0.392 e. The van der Waals surface area contributed by atoms with Gasteiger partial charge in [-0.25, -0.2) is 0 Å². The lowest BCUT2D eigenvalue weighted by atomic mass is 9.78. The van der Waals surface area contributed by atoms with E-state index in [0.29, 0.717) is 24.2 Å². The molecule has 24 heavy (non-hydrogen) atoms. The van der Waals surface area contributed by atoms with E-state index < -0.39 is 23.9 Å². The van der Waals surface area contributed by atoms with E-state index in [-0.39, 0.29) is 18.7 Å². The molecule has 0 aromatic heterocycles. The number of amides is 2. The van der Waals surface area contributed by atoms with Crippen LogP contribution in [0.2, 0.25) is 0 Å². The van der Waals surface area contributed by atoms with Crippen LogP contribution in [0.5, 0.6) is 0 Å². The van der Waals surface area contributed by atoms with Gasteiger partial charge in [0.05, 0.1) is 5.92 Å². The molecule has 0 radical (unpaired) electrons. The SMILES string of the molecule is CC(=O)N(C)c1ccc(NC(=O)C2CCCCC2C(F)(F)F)cc1. The number of carbonyl (C=O) groups excluding carboxylic acids is 2. The molecule has 2 unspecified atom stereocenters. The number of halogens is 3. The third kappa shape index (κ3) is 4.27. The van der Waals surface area contributed by atoms with E-state index in [1.165, 1.54) is 11.8 Å². The molecule has 1 N–H and O–H groups in total. The Morgan fingerprint density at radius 2 is 1.71 bits per heavy atom. The molecule has 132 valence electrons. The van der Waals surface area contributed by atoms with Crippen molar-refractivity contribution in [1.82, 2.24) is 0 Å². The molecule has 1 saturated carbocycles. The Balaban J connectivity index is 2.07. The van der Waals surface area contributed by atoms with E-state index in [4.69, 9.17) is 0 Å². The summed E-state index contributed by atoms with van der Waals surface area (Å²) < 4.78 is 39.3. The monoisotopic (exact) mass is 342 g/mol. The molecule has 2 atom stereocenters. The van der Waals surface area contributed by atoms with Gasteiger partial charge in [0.15, 0.2) is 0 Å². The highest BCUT2D eigenvalue weighted by molar-refractivity contribution is 5.94. The number of carbonyl (C=O) groups is 2. The minimum atomic E-state index is -4.35. The fourth-order valence-corrected chi connectivity index (χ4v) is 3.02. The highest BCUT2D eigenvalue weighted by Gasteiger charge is 2.48. The van der Waals surface area contributed by atoms with Gasteiger partial charge in [-0.1, -0.05) is 12.8 Å². The predicted molar refractivity (Wildman–Crippen MR) is 85.7 cm³/mol. The molecule has 1 fully saturated rings. The van der Waals surface area contributed by atoms with Gasteiger partial charge in [-0.05, 0) is 37.1 Å². The Bertz CT molecular complexity index is 599. The van der Waals surface area contributed by atoms with E-state index >= 15 is 0 Å². The second-order valence-corrected chi connectivity index (χ2v) is 6.15. The van der Waals surface area contributed by atoms with Crippen molar-refractivity contribution in [2.24, 2.45) is 11.8 Å². The molecule has 0 bridgehead atoms. The number of hydrogen-bond donors (Lipinski definition) is 1. The molecular weight excluding hydrogens is 321 g/mol. The topological polar surface area (TPSA) is 49.4 Å². The summed E-state index contributed by atoms with van der Waals surface area (Å²) >= 11 is 0. The lowest BCUT2D eigenvalue weighted by Gasteiger charge is -2.32. The Labute approximate surface area is 139 Å². The van der Waals surface area contributed by atoms with Crippen molar-refractivity contribution in [2.45, 2.75) is 38.8 Å². The Hall–Kier alpha value is -2.05. The summed E-state index contributed by atoms with van der Waals surface area (Å²) in [6, 6.07) is 6.44. The molecule has 7 heteroatoms. The molecule has 4 nitrogen and oxygen atoms in total. The van der Waals surface area contributed by atoms with Crippen molar-refractivity contribution < 1.29 is 22.8 Å². The summed E-state index contributed by atoms with van der Waals surface area (Å²) in [7, 11) is 1.62. The van der Waals surface area contributed by atoms with Crippen molar-refractivity contribution in [3.8, 4) is 0 Å². The molecule has 2 rings (SSSR count). The molecular formula is C17H21F3N2O2. The number of hydrogen-bond acceptors (Lipinski definition) is 2. The number of alkyl halides is 3. The lowest BCUT2D eigenvalue weighted by Crippen LogP contribution is -2.39. The maximum Gasteiger partial charge on any atom is 0.392 e. The molecule has 1 aromatic rings. The Morgan fingerprint density at radius 1 is 1.12 bits per heavy atom. The van der Waals surface area contributed by atoms with E-state index in [9.17, 15) is 22.8 Å². The van der Waals surface area contributed by atoms with Crippen LogP contribution >= 0.6 is 0 Å². The van der Waals surface area contributed by atoms with E-state index in [1.54, 1.807) is 31.3 Å². The van der Waals surface area contributed by atoms with Crippen LogP contribution in [0.25, 0.3) is 0 Å². The van der Waals surface area contributed by atoms with Gasteiger partial charge in [-0.3, -0.25) is 9.59 Å². The first-order valence-corrected chi connectivity index (χ1v) is 7.92. The van der Waals surface area contributed by atoms with Crippen LogP contribution in [0.4, 0.5) is 24.5 Å². The smallest absolute Gasteiger partial charge is 0.326 e. The molecule has 0 heterocycles. The summed E-state index contributed by atoms with van der Waals surface area (Å²) in [5.74, 6) is -3.35. The zero-order chi connectivity index (χ0) is 17.9. The number of rotatable bonds is 3. The van der Waals surface area contributed by atoms with Gasteiger partial charge in [0.1, 0.15) is 0 Å². The Morgan fingerprint density at radius 3 is 2.25 bits per heavy atom. The maximum atomic E-state index is 13.1. The highest BCUT2D eigenvalue weighted by atomic mass is 19.4. The van der Waals surface area contributed by atoms with Crippen LogP contribution in [0.15, 0.2) is 24.3 Å². The second kappa shape index (κ2) is 7.23. The summed E-state index contributed by atoms with van der Waals surface area (Å²) in [5.41, 5.74) is 1.07. The summed E-state index contributed by atoms with van der Waals surface area (Å²) in [5, 5.41) is 2.57. The molecule has 1 aromatic carbocycles. The van der Waals surface area contributed by atoms with Gasteiger partial charge in [0.2, 0.25) is 11.8 Å². The first-order valence-electron chi connectivity index (χ1n) is 7.92. The van der Waals surface area contributed by atoms with Gasteiger partial charge in [0.25, 0.3) is 0 Å². The zero-order valence-corrected chi connectivity index (χ0v) is 13.7. The van der Waals surface area contributed by atoms with Crippen LogP contribution in [-0.2, 0) is 9.59 Å². The third-order valence-electron chi connectivity index (χ3n) is 4.52. The van der Waals surface area contributed by atoms with Gasteiger partial charge in [-0.2, -0.15) is 13.2 Å². The van der Waals surface area contributed by atoms with Gasteiger partial charge in [0, 0.05) is 31.3 Å². The quantitative estimate of drug-likeness (QED) is 0.903. The second-order valence-electron chi connectivity index (χ2n) is 6.15. The highest BCUT2D eigenvalue weighted by Crippen LogP contribution is 2.41. The van der Waals surface area contributed by atoms with Gasteiger partial charge >= 0.3 is 6.18 Å². The van der Waals surface area contributed by atoms with Crippen LogP contribution in [0.1, 0.15) is 32.6 Å². The summed E-state index contributed by atoms with van der Waals surface area (Å²) in [6.07, 6.45) is -2.96. The van der Waals surface area contributed by atoms with E-state index in [1.807, 2.05) is 0 Å². The van der Waals surface area contributed by atoms with Crippen LogP contribution < -0.4 is 10.2 Å². The first-order chi connectivity index (χ1) is 11.2. The van der Waals surface area contributed by atoms with Crippen molar-refractivity contribution in [2.75, 3.05) is 17.3 Å². The molecule has 0 spiro atoms. The van der Waals surface area contributed by atoms with Crippen molar-refractivity contribution in [3.05, 3.63) is 24.3 Å². The number of nitrogens with one attached hydrogen (secondary N) is 1. The van der Waals surface area contributed by atoms with Crippen molar-refractivity contribution >= 4 is 23.2 Å². The normalized spacial score (nSPS) is 21.2. The van der Waals surface area contributed by atoms with E-state index in [2.05, 4.69) is 5.32 Å². The zero-order valence-electron chi connectivity index (χ0n) is 13.7. The van der Waals surface area contributed by atoms with Crippen LogP contribution in [-0.4, -0.2) is 25.0 Å². The maximum absolute atomic E-state index is 13.1. The summed E-state index contributed by atoms with van der Waals surface area (Å²) in [4.78, 5) is 25.0. The van der Waals surface area contributed by atoms with E-state index in [0.717, 1.165) is 0 Å². The van der Waals surface area contributed by atoms with Crippen molar-refractivity contribution in [1.29, 1.82) is 0 Å². The lowest BCUT2D eigenvalue weighted by molar-refractivity contribution is -0.197.